The number of nitrogens with zero attached hydrogens (tertiary/aromatic N) is 3. The Morgan fingerprint density at radius 3 is 1.82 bits per heavy atom. The molecular weight excluding hydrogens is 825 g/mol. The lowest BCUT2D eigenvalue weighted by molar-refractivity contribution is 0.748. The molecule has 1 spiro atoms. The van der Waals surface area contributed by atoms with Gasteiger partial charge in [-0.2, -0.15) is 0 Å². The minimum absolute atomic E-state index is 0.415. The molecule has 0 fully saturated rings. The van der Waals surface area contributed by atoms with E-state index in [4.69, 9.17) is 15.7 Å². The fourth-order valence-electron chi connectivity index (χ4n) is 11.2. The normalized spacial score (nSPS) is 14.8. The molecular formula is C64H44N4. The van der Waals surface area contributed by atoms with Crippen LogP contribution in [0.15, 0.2) is 253 Å². The largest absolute Gasteiger partial charge is 0.383 e. The first kappa shape index (κ1) is 39.5. The molecule has 1 aliphatic carbocycles. The van der Waals surface area contributed by atoms with Gasteiger partial charge in [0.1, 0.15) is 5.84 Å². The minimum atomic E-state index is -0.666. The maximum absolute atomic E-state index is 7.45. The molecule has 2 N–H and O–H groups in total. The van der Waals surface area contributed by atoms with E-state index in [0.717, 1.165) is 33.4 Å². The van der Waals surface area contributed by atoms with E-state index in [0.29, 0.717) is 18.2 Å². The molecule has 10 aromatic carbocycles. The molecule has 68 heavy (non-hydrogen) atoms. The molecule has 13 rings (SSSR count). The highest BCUT2D eigenvalue weighted by molar-refractivity contribution is 6.16. The van der Waals surface area contributed by atoms with Crippen molar-refractivity contribution in [2.75, 3.05) is 0 Å². The Hall–Kier alpha value is -8.86. The number of para-hydroxylation sites is 3. The monoisotopic (exact) mass is 868 g/mol. The standard InChI is InChI=1S/C64H44N4/c65-62(67-63(46-22-8-3-9-23-46)66-41-42-34-36-44(37-35-42)43-18-4-1-5-19-43)52-28-17-30-56-60(52)53-40-47(49-25-11-10-24-48(49)45-20-6-2-7-21-45)38-39-54(53)64(56)55-29-13-15-33-59(55)68-58-32-14-12-26-50(58)51-27-16-31-57(64)61(51)68/h1-40H,41H2,(H2,65,66,67). The van der Waals surface area contributed by atoms with E-state index in [9.17, 15) is 0 Å². The van der Waals surface area contributed by atoms with Crippen molar-refractivity contribution in [3.05, 3.63) is 282 Å². The van der Waals surface area contributed by atoms with Gasteiger partial charge in [0, 0.05) is 21.9 Å². The van der Waals surface area contributed by atoms with Crippen molar-refractivity contribution >= 4 is 33.5 Å². The van der Waals surface area contributed by atoms with Crippen LogP contribution in [0.25, 0.3) is 72.0 Å². The molecule has 0 saturated carbocycles. The fourth-order valence-corrected chi connectivity index (χ4v) is 11.2. The van der Waals surface area contributed by atoms with Crippen molar-refractivity contribution in [1.82, 2.24) is 4.57 Å². The van der Waals surface area contributed by atoms with E-state index >= 15 is 0 Å². The lowest BCUT2D eigenvalue weighted by Crippen LogP contribution is -2.33. The first-order valence-corrected chi connectivity index (χ1v) is 23.3. The summed E-state index contributed by atoms with van der Waals surface area (Å²) in [7, 11) is 0. The summed E-state index contributed by atoms with van der Waals surface area (Å²) in [6, 6.07) is 87.1. The van der Waals surface area contributed by atoms with Crippen molar-refractivity contribution in [3.63, 3.8) is 0 Å². The van der Waals surface area contributed by atoms with Gasteiger partial charge in [-0.15, -0.1) is 0 Å². The predicted molar refractivity (Wildman–Crippen MR) is 282 cm³/mol. The van der Waals surface area contributed by atoms with E-state index in [2.05, 4.69) is 223 Å². The summed E-state index contributed by atoms with van der Waals surface area (Å²) in [6.45, 7) is 0.452. The molecule has 1 atom stereocenters. The van der Waals surface area contributed by atoms with Crippen LogP contribution in [-0.2, 0) is 12.0 Å². The van der Waals surface area contributed by atoms with Gasteiger partial charge in [-0.1, -0.05) is 224 Å². The van der Waals surface area contributed by atoms with Gasteiger partial charge in [0.05, 0.1) is 28.7 Å². The number of nitrogens with two attached hydrogens (primary N) is 1. The van der Waals surface area contributed by atoms with Gasteiger partial charge in [-0.25, -0.2) is 4.99 Å². The van der Waals surface area contributed by atoms with Gasteiger partial charge in [0.2, 0.25) is 0 Å². The molecule has 0 amide bonds. The van der Waals surface area contributed by atoms with E-state index < -0.39 is 5.41 Å². The number of fused-ring (bicyclic) bond motifs is 12. The maximum Gasteiger partial charge on any atom is 0.157 e. The smallest absolute Gasteiger partial charge is 0.157 e. The highest BCUT2D eigenvalue weighted by Crippen LogP contribution is 2.62. The average molecular weight is 869 g/mol. The van der Waals surface area contributed by atoms with Crippen LogP contribution in [0.1, 0.15) is 38.9 Å². The summed E-state index contributed by atoms with van der Waals surface area (Å²) in [5, 5.41) is 2.48. The van der Waals surface area contributed by atoms with Gasteiger partial charge in [0.25, 0.3) is 0 Å². The van der Waals surface area contributed by atoms with Crippen LogP contribution >= 0.6 is 0 Å². The average Bonchev–Trinajstić information content (AvgIpc) is 3.91. The second-order valence-corrected chi connectivity index (χ2v) is 17.8. The summed E-state index contributed by atoms with van der Waals surface area (Å²) in [5.41, 5.74) is 27.4. The van der Waals surface area contributed by atoms with Crippen molar-refractivity contribution < 1.29 is 0 Å². The topological polar surface area (TPSA) is 55.7 Å². The Labute approximate surface area is 395 Å². The lowest BCUT2D eigenvalue weighted by atomic mass is 9.65. The first-order chi connectivity index (χ1) is 33.7. The number of rotatable bonds is 7. The summed E-state index contributed by atoms with van der Waals surface area (Å²) in [5.74, 6) is 1.00. The van der Waals surface area contributed by atoms with E-state index in [1.54, 1.807) is 0 Å². The molecule has 4 heteroatoms. The molecule has 1 aliphatic heterocycles. The van der Waals surface area contributed by atoms with Crippen molar-refractivity contribution in [2.24, 2.45) is 15.7 Å². The summed E-state index contributed by atoms with van der Waals surface area (Å²) in [6.07, 6.45) is 0. The lowest BCUT2D eigenvalue weighted by Gasteiger charge is -2.39. The van der Waals surface area contributed by atoms with Crippen molar-refractivity contribution in [2.45, 2.75) is 12.0 Å². The summed E-state index contributed by atoms with van der Waals surface area (Å²) in [4.78, 5) is 10.5. The number of aromatic nitrogens is 1. The second kappa shape index (κ2) is 15.9. The third kappa shape index (κ3) is 6.08. The Morgan fingerprint density at radius 2 is 1.03 bits per heavy atom. The molecule has 0 bridgehead atoms. The number of benzene rings is 10. The maximum atomic E-state index is 7.45. The Bertz CT molecular complexity index is 3810. The third-order valence-electron chi connectivity index (χ3n) is 14.1. The van der Waals surface area contributed by atoms with Gasteiger partial charge in [0.15, 0.2) is 5.84 Å². The fraction of sp³-hybridized carbons (Fsp3) is 0.0312. The zero-order chi connectivity index (χ0) is 45.2. The molecule has 0 radical (unpaired) electrons. The molecule has 320 valence electrons. The molecule has 2 aliphatic rings. The number of aliphatic imine (C=N–C) groups is 2. The Morgan fingerprint density at radius 1 is 0.441 bits per heavy atom. The quantitative estimate of drug-likeness (QED) is 0.126. The highest BCUT2D eigenvalue weighted by atomic mass is 15.0. The van der Waals surface area contributed by atoms with E-state index in [-0.39, 0.29) is 0 Å². The van der Waals surface area contributed by atoms with Crippen molar-refractivity contribution in [3.8, 4) is 50.2 Å². The number of hydrogen-bond donors (Lipinski definition) is 1. The van der Waals surface area contributed by atoms with Crippen LogP contribution in [0.2, 0.25) is 0 Å². The zero-order valence-corrected chi connectivity index (χ0v) is 37.2. The van der Waals surface area contributed by atoms with E-state index in [1.165, 1.54) is 77.6 Å². The Balaban J connectivity index is 1.04. The Kier molecular flexibility index (Phi) is 9.26. The van der Waals surface area contributed by atoms with Crippen LogP contribution in [0.5, 0.6) is 0 Å². The van der Waals surface area contributed by atoms with Gasteiger partial charge in [-0.3, -0.25) is 4.99 Å². The van der Waals surface area contributed by atoms with Crippen LogP contribution in [0.4, 0.5) is 0 Å². The minimum Gasteiger partial charge on any atom is -0.383 e. The van der Waals surface area contributed by atoms with Crippen LogP contribution in [-0.4, -0.2) is 16.2 Å². The molecule has 2 heterocycles. The molecule has 0 saturated heterocycles. The number of hydrogen-bond acceptors (Lipinski definition) is 1. The second-order valence-electron chi connectivity index (χ2n) is 17.8. The predicted octanol–water partition coefficient (Wildman–Crippen LogP) is 14.8. The molecule has 1 aromatic heterocycles. The van der Waals surface area contributed by atoms with Gasteiger partial charge < -0.3 is 10.3 Å². The SMILES string of the molecule is NC(=NC(=NCc1ccc(-c2ccccc2)cc1)c1ccccc1)c1cccc2c1-c1cc(-c3ccccc3-c3ccccc3)ccc1C21c2ccccc2-n2c3ccccc3c3cccc1c32. The summed E-state index contributed by atoms with van der Waals surface area (Å²) >= 11 is 0. The molecule has 4 nitrogen and oxygen atoms in total. The van der Waals surface area contributed by atoms with Crippen LogP contribution in [0, 0.1) is 0 Å². The van der Waals surface area contributed by atoms with E-state index in [1.807, 2.05) is 24.3 Å². The first-order valence-electron chi connectivity index (χ1n) is 23.3. The van der Waals surface area contributed by atoms with Gasteiger partial charge in [-0.05, 0) is 90.5 Å². The highest BCUT2D eigenvalue weighted by Gasteiger charge is 2.51. The van der Waals surface area contributed by atoms with Crippen LogP contribution in [0.3, 0.4) is 0 Å². The zero-order valence-electron chi connectivity index (χ0n) is 37.2. The third-order valence-corrected chi connectivity index (χ3v) is 14.1. The summed E-state index contributed by atoms with van der Waals surface area (Å²) < 4.78 is 2.49. The van der Waals surface area contributed by atoms with Crippen LogP contribution < -0.4 is 5.73 Å². The number of amidine groups is 2. The molecule has 1 unspecified atom stereocenters. The molecule has 11 aromatic rings. The van der Waals surface area contributed by atoms with Gasteiger partial charge >= 0.3 is 0 Å². The van der Waals surface area contributed by atoms with Crippen molar-refractivity contribution in [1.29, 1.82) is 0 Å².